The van der Waals surface area contributed by atoms with Crippen molar-refractivity contribution in [2.24, 2.45) is 0 Å². The molecule has 0 N–H and O–H groups in total. The Morgan fingerprint density at radius 3 is 2.55 bits per heavy atom. The molecule has 4 heteroatoms. The number of halogens is 2. The first-order chi connectivity index (χ1) is 4.74. The standard InChI is InChI=1S/C7H3FN.BrH.Mg/c8-7-3-1-6(5-9)2-4-7;;/h1-3H;1H;/q;;+1/p-1. The van der Waals surface area contributed by atoms with E-state index in [-0.39, 0.29) is 22.8 Å². The van der Waals surface area contributed by atoms with E-state index in [0.717, 1.165) is 0 Å². The molecule has 1 rings (SSSR count). The zero-order chi connectivity index (χ0) is 7.56. The van der Waals surface area contributed by atoms with Gasteiger partial charge < -0.3 is 17.0 Å². The van der Waals surface area contributed by atoms with Gasteiger partial charge in [-0.05, 0) is 0 Å². The Balaban J connectivity index is 0.000001000. The van der Waals surface area contributed by atoms with Crippen molar-refractivity contribution in [3.05, 3.63) is 29.6 Å². The third-order valence-corrected chi connectivity index (χ3v) is 1.72. The molecule has 0 spiro atoms. The molecule has 0 radical (unpaired) electrons. The molecule has 0 bridgehead atoms. The van der Waals surface area contributed by atoms with Gasteiger partial charge in [0.15, 0.2) is 0 Å². The average Bonchev–Trinajstić information content (AvgIpc) is 1.95. The molecule has 1 aromatic rings. The van der Waals surface area contributed by atoms with Gasteiger partial charge in [0.25, 0.3) is 0 Å². The van der Waals surface area contributed by atoms with E-state index in [2.05, 4.69) is 0 Å². The molecule has 1 nitrogen and oxygen atoms in total. The maximum atomic E-state index is 12.5. The summed E-state index contributed by atoms with van der Waals surface area (Å²) in [4.78, 5) is 0. The summed E-state index contributed by atoms with van der Waals surface area (Å²) in [7, 11) is 0. The molecular formula is C7H3BrFMgN. The Morgan fingerprint density at radius 2 is 2.09 bits per heavy atom. The second-order valence-electron chi connectivity index (χ2n) is 1.92. The van der Waals surface area contributed by atoms with Crippen LogP contribution in [-0.2, 0) is 0 Å². The normalized spacial score (nSPS) is 8.18. The number of hydrogen-bond donors (Lipinski definition) is 0. The van der Waals surface area contributed by atoms with Gasteiger partial charge in [0.1, 0.15) is 0 Å². The molecular weight excluding hydrogens is 221 g/mol. The van der Waals surface area contributed by atoms with Crippen molar-refractivity contribution in [1.82, 2.24) is 0 Å². The molecule has 1 aromatic carbocycles. The Bertz CT molecular complexity index is 295. The molecule has 0 aromatic heterocycles. The maximum Gasteiger partial charge on any atom is -1.00 e. The molecule has 0 unspecified atom stereocenters. The van der Waals surface area contributed by atoms with Gasteiger partial charge in [-0.15, -0.1) is 0 Å². The van der Waals surface area contributed by atoms with Crippen LogP contribution in [0, 0.1) is 17.1 Å². The second kappa shape index (κ2) is 4.70. The number of nitrogens with zero attached hydrogens (tertiary/aromatic N) is 1. The monoisotopic (exact) mass is 223 g/mol. The molecule has 0 amide bonds. The van der Waals surface area contributed by atoms with Crippen molar-refractivity contribution >= 4 is 25.4 Å². The fourth-order valence-electron chi connectivity index (χ4n) is 0.644. The van der Waals surface area contributed by atoms with Gasteiger partial charge in [-0.25, -0.2) is 0 Å². The van der Waals surface area contributed by atoms with Crippen LogP contribution in [-0.4, -0.2) is 21.7 Å². The largest absolute Gasteiger partial charge is 1.00 e. The van der Waals surface area contributed by atoms with Crippen molar-refractivity contribution in [3.63, 3.8) is 0 Å². The summed E-state index contributed by atoms with van der Waals surface area (Å²) in [5.74, 6) is -0.252. The third-order valence-electron chi connectivity index (χ3n) is 1.17. The zero-order valence-electron chi connectivity index (χ0n) is 5.64. The van der Waals surface area contributed by atoms with Crippen LogP contribution in [0.2, 0.25) is 0 Å². The summed E-state index contributed by atoms with van der Waals surface area (Å²) in [6.07, 6.45) is 0. The second-order valence-corrected chi connectivity index (χ2v) is 2.68. The summed E-state index contributed by atoms with van der Waals surface area (Å²) in [6, 6.07) is 6.24. The Morgan fingerprint density at radius 1 is 1.45 bits per heavy atom. The molecule has 0 aliphatic rings. The van der Waals surface area contributed by atoms with Crippen LogP contribution in [0.25, 0.3) is 0 Å². The predicted octanol–water partition coefficient (Wildman–Crippen LogP) is -2.50. The van der Waals surface area contributed by atoms with E-state index in [0.29, 0.717) is 9.26 Å². The first-order valence-electron chi connectivity index (χ1n) is 2.75. The molecule has 0 saturated carbocycles. The molecule has 0 fully saturated rings. The van der Waals surface area contributed by atoms with Gasteiger partial charge >= 0.3 is 70.7 Å². The van der Waals surface area contributed by atoms with E-state index in [1.165, 1.54) is 39.9 Å². The fraction of sp³-hybridized carbons (Fsp3) is 0. The van der Waals surface area contributed by atoms with Gasteiger partial charge in [-0.2, -0.15) is 0 Å². The average molecular weight is 224 g/mol. The quantitative estimate of drug-likeness (QED) is 0.447. The van der Waals surface area contributed by atoms with Crippen molar-refractivity contribution in [2.45, 2.75) is 0 Å². The molecule has 0 atom stereocenters. The van der Waals surface area contributed by atoms with E-state index in [1.807, 2.05) is 6.07 Å². The van der Waals surface area contributed by atoms with Gasteiger partial charge in [-0.1, -0.05) is 0 Å². The minimum Gasteiger partial charge on any atom is -1.00 e. The Labute approximate surface area is 87.4 Å². The van der Waals surface area contributed by atoms with Crippen molar-refractivity contribution < 1.29 is 21.4 Å². The summed E-state index contributed by atoms with van der Waals surface area (Å²) in [5, 5.41) is 8.38. The SMILES string of the molecule is N#Cc1ccc(F)[c]([Mg+])c1.[Br-]. The van der Waals surface area contributed by atoms with E-state index < -0.39 is 0 Å². The Hall–Kier alpha value is -0.114. The van der Waals surface area contributed by atoms with E-state index >= 15 is 0 Å². The third kappa shape index (κ3) is 2.77. The molecule has 0 aliphatic heterocycles. The first kappa shape index (κ1) is 10.9. The predicted molar refractivity (Wildman–Crippen MR) is 36.5 cm³/mol. The van der Waals surface area contributed by atoms with Gasteiger partial charge in [0.05, 0.1) is 0 Å². The minimum absolute atomic E-state index is 0. The van der Waals surface area contributed by atoms with Crippen LogP contribution < -0.4 is 20.7 Å². The summed E-state index contributed by atoms with van der Waals surface area (Å²) in [5.41, 5.74) is 0.506. The van der Waals surface area contributed by atoms with Crippen molar-refractivity contribution in [3.8, 4) is 6.07 Å². The van der Waals surface area contributed by atoms with Crippen LogP contribution in [0.5, 0.6) is 0 Å². The maximum absolute atomic E-state index is 12.5. The molecule has 0 heterocycles. The first-order valence-corrected chi connectivity index (χ1v) is 3.46. The van der Waals surface area contributed by atoms with Crippen LogP contribution in [0.15, 0.2) is 18.2 Å². The van der Waals surface area contributed by atoms with Crippen molar-refractivity contribution in [2.75, 3.05) is 0 Å². The van der Waals surface area contributed by atoms with Crippen LogP contribution in [0.4, 0.5) is 4.39 Å². The zero-order valence-corrected chi connectivity index (χ0v) is 8.64. The summed E-state index contributed by atoms with van der Waals surface area (Å²) >= 11 is 1.44. The van der Waals surface area contributed by atoms with Gasteiger partial charge in [0, 0.05) is 0 Å². The van der Waals surface area contributed by atoms with Gasteiger partial charge in [0.2, 0.25) is 0 Å². The van der Waals surface area contributed by atoms with E-state index in [1.54, 1.807) is 0 Å². The molecule has 0 aliphatic carbocycles. The molecule has 11 heavy (non-hydrogen) atoms. The topological polar surface area (TPSA) is 23.8 Å². The minimum atomic E-state index is -0.252. The summed E-state index contributed by atoms with van der Waals surface area (Å²) in [6.45, 7) is 0. The van der Waals surface area contributed by atoms with Crippen LogP contribution >= 0.6 is 0 Å². The number of rotatable bonds is 0. The smallest absolute Gasteiger partial charge is 1.00 e. The van der Waals surface area contributed by atoms with E-state index in [9.17, 15) is 4.39 Å². The van der Waals surface area contributed by atoms with E-state index in [4.69, 9.17) is 5.26 Å². The van der Waals surface area contributed by atoms with Crippen LogP contribution in [0.3, 0.4) is 0 Å². The fourth-order valence-corrected chi connectivity index (χ4v) is 0.982. The number of hydrogen-bond acceptors (Lipinski definition) is 1. The van der Waals surface area contributed by atoms with Crippen molar-refractivity contribution in [1.29, 1.82) is 5.26 Å². The van der Waals surface area contributed by atoms with Crippen LogP contribution in [0.1, 0.15) is 5.56 Å². The Kier molecular flexibility index (Phi) is 4.65. The molecule has 0 saturated heterocycles. The number of nitriles is 1. The summed E-state index contributed by atoms with van der Waals surface area (Å²) < 4.78 is 13.1. The number of benzene rings is 1. The van der Waals surface area contributed by atoms with Gasteiger partial charge in [-0.3, -0.25) is 0 Å². The molecule has 52 valence electrons.